The Bertz CT molecular complexity index is 266. The van der Waals surface area contributed by atoms with Gasteiger partial charge >= 0.3 is 0 Å². The fraction of sp³-hybridized carbons (Fsp3) is 0.556. The van der Waals surface area contributed by atoms with Gasteiger partial charge in [-0.1, -0.05) is 0 Å². The van der Waals surface area contributed by atoms with Crippen molar-refractivity contribution in [1.29, 1.82) is 0 Å². The van der Waals surface area contributed by atoms with Crippen molar-refractivity contribution in [2.45, 2.75) is 6.54 Å². The van der Waals surface area contributed by atoms with Crippen LogP contribution in [-0.4, -0.2) is 31.1 Å². The predicted octanol–water partition coefficient (Wildman–Crippen LogP) is 0.267. The SMILES string of the molecule is Nc1cocc1CN1CCNCC1. The van der Waals surface area contributed by atoms with Gasteiger partial charge in [-0.25, -0.2) is 0 Å². The zero-order valence-electron chi connectivity index (χ0n) is 7.62. The van der Waals surface area contributed by atoms with Gasteiger partial charge in [-0.15, -0.1) is 0 Å². The second-order valence-electron chi connectivity index (χ2n) is 3.38. The molecule has 1 aliphatic heterocycles. The molecule has 0 aliphatic carbocycles. The maximum Gasteiger partial charge on any atom is 0.113 e. The van der Waals surface area contributed by atoms with Gasteiger partial charge in [-0.3, -0.25) is 4.90 Å². The highest BCUT2D eigenvalue weighted by molar-refractivity contribution is 5.42. The summed E-state index contributed by atoms with van der Waals surface area (Å²) in [5.41, 5.74) is 7.58. The average molecular weight is 181 g/mol. The van der Waals surface area contributed by atoms with Crippen LogP contribution >= 0.6 is 0 Å². The Hall–Kier alpha value is -1.00. The van der Waals surface area contributed by atoms with Crippen molar-refractivity contribution < 1.29 is 4.42 Å². The van der Waals surface area contributed by atoms with Crippen molar-refractivity contribution in [3.05, 3.63) is 18.1 Å². The third-order valence-corrected chi connectivity index (χ3v) is 2.38. The first-order valence-corrected chi connectivity index (χ1v) is 4.60. The van der Waals surface area contributed by atoms with Gasteiger partial charge in [0, 0.05) is 38.3 Å². The van der Waals surface area contributed by atoms with Crippen molar-refractivity contribution in [3.8, 4) is 0 Å². The van der Waals surface area contributed by atoms with Crippen LogP contribution in [0.2, 0.25) is 0 Å². The zero-order valence-corrected chi connectivity index (χ0v) is 7.62. The van der Waals surface area contributed by atoms with Crippen LogP contribution in [0.3, 0.4) is 0 Å². The van der Waals surface area contributed by atoms with Gasteiger partial charge in [0.2, 0.25) is 0 Å². The maximum atomic E-state index is 5.72. The summed E-state index contributed by atoms with van der Waals surface area (Å²) in [5.74, 6) is 0. The maximum absolute atomic E-state index is 5.72. The molecule has 4 nitrogen and oxygen atoms in total. The Morgan fingerprint density at radius 3 is 2.77 bits per heavy atom. The minimum Gasteiger partial charge on any atom is -0.470 e. The standard InChI is InChI=1S/C9H15N3O/c10-9-7-13-6-8(9)5-12-3-1-11-2-4-12/h6-7,11H,1-5,10H2. The fourth-order valence-corrected chi connectivity index (χ4v) is 1.57. The molecule has 0 atom stereocenters. The highest BCUT2D eigenvalue weighted by atomic mass is 16.3. The first-order valence-electron chi connectivity index (χ1n) is 4.60. The third kappa shape index (κ3) is 2.02. The molecule has 4 heteroatoms. The fourth-order valence-electron chi connectivity index (χ4n) is 1.57. The average Bonchev–Trinajstić information content (AvgIpc) is 2.54. The van der Waals surface area contributed by atoms with Crippen LogP contribution in [0.4, 0.5) is 5.69 Å². The van der Waals surface area contributed by atoms with Gasteiger partial charge in [-0.05, 0) is 0 Å². The highest BCUT2D eigenvalue weighted by Gasteiger charge is 2.11. The number of piperazine rings is 1. The number of hydrogen-bond donors (Lipinski definition) is 2. The van der Waals surface area contributed by atoms with Crippen LogP contribution in [-0.2, 0) is 6.54 Å². The van der Waals surface area contributed by atoms with Crippen molar-refractivity contribution >= 4 is 5.69 Å². The Morgan fingerprint density at radius 1 is 1.38 bits per heavy atom. The molecule has 2 heterocycles. The summed E-state index contributed by atoms with van der Waals surface area (Å²) in [6.07, 6.45) is 3.33. The summed E-state index contributed by atoms with van der Waals surface area (Å²) >= 11 is 0. The molecule has 1 saturated heterocycles. The molecule has 1 aromatic rings. The Kier molecular flexibility index (Phi) is 2.52. The third-order valence-electron chi connectivity index (χ3n) is 2.38. The van der Waals surface area contributed by atoms with Gasteiger partial charge in [0.1, 0.15) is 6.26 Å². The number of nitrogens with zero attached hydrogens (tertiary/aromatic N) is 1. The monoisotopic (exact) mass is 181 g/mol. The molecule has 3 N–H and O–H groups in total. The molecular formula is C9H15N3O. The molecule has 72 valence electrons. The molecule has 1 aliphatic rings. The molecular weight excluding hydrogens is 166 g/mol. The number of nitrogens with one attached hydrogen (secondary N) is 1. The molecule has 1 fully saturated rings. The summed E-state index contributed by atoms with van der Waals surface area (Å²) in [5, 5.41) is 3.31. The Morgan fingerprint density at radius 2 is 2.15 bits per heavy atom. The second-order valence-corrected chi connectivity index (χ2v) is 3.38. The lowest BCUT2D eigenvalue weighted by Crippen LogP contribution is -2.42. The zero-order chi connectivity index (χ0) is 9.10. The number of rotatable bonds is 2. The van der Waals surface area contributed by atoms with Gasteiger partial charge in [-0.2, -0.15) is 0 Å². The van der Waals surface area contributed by atoms with E-state index in [0.29, 0.717) is 0 Å². The summed E-state index contributed by atoms with van der Waals surface area (Å²) < 4.78 is 5.02. The summed E-state index contributed by atoms with van der Waals surface area (Å²) in [6, 6.07) is 0. The van der Waals surface area contributed by atoms with Crippen LogP contribution in [0.5, 0.6) is 0 Å². The minimum absolute atomic E-state index is 0.763. The van der Waals surface area contributed by atoms with E-state index in [9.17, 15) is 0 Å². The van der Waals surface area contributed by atoms with Gasteiger partial charge < -0.3 is 15.5 Å². The van der Waals surface area contributed by atoms with Crippen molar-refractivity contribution in [2.24, 2.45) is 0 Å². The van der Waals surface area contributed by atoms with Crippen molar-refractivity contribution in [1.82, 2.24) is 10.2 Å². The highest BCUT2D eigenvalue weighted by Crippen LogP contribution is 2.14. The normalized spacial score (nSPS) is 19.1. The lowest BCUT2D eigenvalue weighted by atomic mass is 10.2. The molecule has 13 heavy (non-hydrogen) atoms. The first kappa shape index (κ1) is 8.59. The first-order chi connectivity index (χ1) is 6.36. The number of anilines is 1. The smallest absolute Gasteiger partial charge is 0.113 e. The van der Waals surface area contributed by atoms with E-state index in [2.05, 4.69) is 10.2 Å². The van der Waals surface area contributed by atoms with Gasteiger partial charge in [0.05, 0.1) is 12.0 Å². The number of nitrogens with two attached hydrogens (primary N) is 1. The molecule has 1 aromatic heterocycles. The summed E-state index contributed by atoms with van der Waals surface area (Å²) in [4.78, 5) is 2.37. The van der Waals surface area contributed by atoms with Crippen LogP contribution in [0, 0.1) is 0 Å². The predicted molar refractivity (Wildman–Crippen MR) is 51.3 cm³/mol. The van der Waals surface area contributed by atoms with Crippen LogP contribution in [0.15, 0.2) is 16.9 Å². The summed E-state index contributed by atoms with van der Waals surface area (Å²) in [7, 11) is 0. The molecule has 2 rings (SSSR count). The topological polar surface area (TPSA) is 54.4 Å². The molecule has 0 radical (unpaired) electrons. The van der Waals surface area contributed by atoms with Gasteiger partial charge in [0.25, 0.3) is 0 Å². The molecule has 0 spiro atoms. The quantitative estimate of drug-likeness (QED) is 0.687. The summed E-state index contributed by atoms with van der Waals surface area (Å²) in [6.45, 7) is 5.22. The Labute approximate surface area is 77.7 Å². The van der Waals surface area contributed by atoms with Crippen LogP contribution < -0.4 is 11.1 Å². The molecule has 0 unspecified atom stereocenters. The molecule has 0 amide bonds. The molecule has 0 bridgehead atoms. The van der Waals surface area contributed by atoms with E-state index in [1.807, 2.05) is 0 Å². The lowest BCUT2D eigenvalue weighted by molar-refractivity contribution is 0.233. The van der Waals surface area contributed by atoms with E-state index in [-0.39, 0.29) is 0 Å². The van der Waals surface area contributed by atoms with E-state index < -0.39 is 0 Å². The number of nitrogen functional groups attached to an aromatic ring is 1. The van der Waals surface area contributed by atoms with E-state index in [1.54, 1.807) is 12.5 Å². The van der Waals surface area contributed by atoms with E-state index in [4.69, 9.17) is 10.2 Å². The minimum atomic E-state index is 0.763. The second kappa shape index (κ2) is 3.81. The van der Waals surface area contributed by atoms with E-state index in [0.717, 1.165) is 44.0 Å². The van der Waals surface area contributed by atoms with Crippen LogP contribution in [0.25, 0.3) is 0 Å². The van der Waals surface area contributed by atoms with Crippen molar-refractivity contribution in [2.75, 3.05) is 31.9 Å². The lowest BCUT2D eigenvalue weighted by Gasteiger charge is -2.26. The van der Waals surface area contributed by atoms with Crippen molar-refractivity contribution in [3.63, 3.8) is 0 Å². The number of furan rings is 1. The number of hydrogen-bond acceptors (Lipinski definition) is 4. The molecule has 0 aromatic carbocycles. The van der Waals surface area contributed by atoms with Gasteiger partial charge in [0.15, 0.2) is 0 Å². The van der Waals surface area contributed by atoms with Crippen LogP contribution in [0.1, 0.15) is 5.56 Å². The van der Waals surface area contributed by atoms with E-state index >= 15 is 0 Å². The molecule has 0 saturated carbocycles. The largest absolute Gasteiger partial charge is 0.470 e. The Balaban J connectivity index is 1.93. The van der Waals surface area contributed by atoms with E-state index in [1.165, 1.54) is 0 Å².